The second kappa shape index (κ2) is 6.35. The summed E-state index contributed by atoms with van der Waals surface area (Å²) in [5, 5.41) is 9.11. The van der Waals surface area contributed by atoms with Gasteiger partial charge >= 0.3 is 12.1 Å². The van der Waals surface area contributed by atoms with Crippen LogP contribution in [0.4, 0.5) is 13.2 Å². The van der Waals surface area contributed by atoms with Gasteiger partial charge in [-0.25, -0.2) is 0 Å². The first kappa shape index (κ1) is 17.8. The Hall–Kier alpha value is -2.05. The lowest BCUT2D eigenvalue weighted by atomic mass is 9.90. The highest BCUT2D eigenvalue weighted by Gasteiger charge is 2.59. The maximum atomic E-state index is 12.7. The zero-order chi connectivity index (χ0) is 18.2. The van der Waals surface area contributed by atoms with Gasteiger partial charge in [0.15, 0.2) is 0 Å². The van der Waals surface area contributed by atoms with Crippen LogP contribution in [-0.4, -0.2) is 41.1 Å². The summed E-state index contributed by atoms with van der Waals surface area (Å²) >= 11 is 0. The molecule has 1 saturated heterocycles. The van der Waals surface area contributed by atoms with Gasteiger partial charge in [0.1, 0.15) is 0 Å². The molecule has 3 rings (SSSR count). The van der Waals surface area contributed by atoms with Crippen LogP contribution < -0.4 is 0 Å². The van der Waals surface area contributed by atoms with Gasteiger partial charge in [-0.3, -0.25) is 9.59 Å². The van der Waals surface area contributed by atoms with Crippen LogP contribution in [0.25, 0.3) is 0 Å². The van der Waals surface area contributed by atoms with Crippen molar-refractivity contribution in [3.05, 3.63) is 35.4 Å². The van der Waals surface area contributed by atoms with Crippen molar-refractivity contribution in [1.82, 2.24) is 4.90 Å². The summed E-state index contributed by atoms with van der Waals surface area (Å²) in [6, 6.07) is 6.41. The largest absolute Gasteiger partial charge is 0.481 e. The zero-order valence-electron chi connectivity index (χ0n) is 13.7. The Kier molecular flexibility index (Phi) is 4.51. The number of likely N-dealkylation sites (tertiary alicyclic amines) is 1. The van der Waals surface area contributed by atoms with Gasteiger partial charge in [-0.05, 0) is 42.7 Å². The predicted octanol–water partition coefficient (Wildman–Crippen LogP) is 3.51. The van der Waals surface area contributed by atoms with Gasteiger partial charge in [0.25, 0.3) is 5.91 Å². The van der Waals surface area contributed by atoms with Crippen LogP contribution in [0.15, 0.2) is 24.3 Å². The topological polar surface area (TPSA) is 57.6 Å². The molecular weight excluding hydrogens is 335 g/mol. The van der Waals surface area contributed by atoms with Crippen molar-refractivity contribution >= 4 is 11.9 Å². The van der Waals surface area contributed by atoms with Crippen molar-refractivity contribution in [1.29, 1.82) is 0 Å². The molecule has 0 radical (unpaired) electrons. The number of carboxylic acid groups (broad SMARTS) is 1. The van der Waals surface area contributed by atoms with Crippen LogP contribution in [0, 0.1) is 11.3 Å². The highest BCUT2D eigenvalue weighted by Crippen LogP contribution is 2.59. The van der Waals surface area contributed by atoms with E-state index in [-0.39, 0.29) is 23.7 Å². The van der Waals surface area contributed by atoms with E-state index in [1.54, 1.807) is 29.2 Å². The second-order valence-corrected chi connectivity index (χ2v) is 7.02. The predicted molar refractivity (Wildman–Crippen MR) is 84.1 cm³/mol. The van der Waals surface area contributed by atoms with Crippen LogP contribution in [-0.2, 0) is 11.2 Å². The van der Waals surface area contributed by atoms with E-state index in [9.17, 15) is 22.8 Å². The first-order valence-electron chi connectivity index (χ1n) is 8.39. The lowest BCUT2D eigenvalue weighted by molar-refractivity contribution is -0.139. The molecule has 0 bridgehead atoms. The second-order valence-electron chi connectivity index (χ2n) is 7.02. The number of hydrogen-bond acceptors (Lipinski definition) is 2. The van der Waals surface area contributed by atoms with Crippen LogP contribution >= 0.6 is 0 Å². The number of hydrogen-bond donors (Lipinski definition) is 1. The Morgan fingerprint density at radius 2 is 1.84 bits per heavy atom. The van der Waals surface area contributed by atoms with E-state index >= 15 is 0 Å². The molecule has 1 aromatic rings. The molecule has 4 nitrogen and oxygen atoms in total. The van der Waals surface area contributed by atoms with E-state index in [4.69, 9.17) is 5.11 Å². The number of halogens is 3. The van der Waals surface area contributed by atoms with Crippen molar-refractivity contribution in [3.63, 3.8) is 0 Å². The van der Waals surface area contributed by atoms with Gasteiger partial charge in [-0.15, -0.1) is 0 Å². The molecule has 1 aliphatic heterocycles. The van der Waals surface area contributed by atoms with Gasteiger partial charge in [-0.2, -0.15) is 13.2 Å². The number of nitrogens with zero attached hydrogens (tertiary/aromatic N) is 1. The molecule has 2 aliphatic rings. The number of amides is 1. The third kappa shape index (κ3) is 3.80. The molecule has 1 saturated carbocycles. The Morgan fingerprint density at radius 3 is 2.40 bits per heavy atom. The summed E-state index contributed by atoms with van der Waals surface area (Å²) in [5.74, 6) is -1.36. The van der Waals surface area contributed by atoms with Crippen LogP contribution in [0.5, 0.6) is 0 Å². The van der Waals surface area contributed by atoms with Gasteiger partial charge in [0, 0.05) is 25.1 Å². The molecule has 136 valence electrons. The van der Waals surface area contributed by atoms with E-state index in [0.29, 0.717) is 43.5 Å². The molecule has 1 amide bonds. The third-order valence-electron chi connectivity index (χ3n) is 5.46. The maximum absolute atomic E-state index is 12.7. The fraction of sp³-hybridized carbons (Fsp3) is 0.556. The minimum absolute atomic E-state index is 0.182. The maximum Gasteiger partial charge on any atom is 0.389 e. The number of carboxylic acids is 1. The summed E-state index contributed by atoms with van der Waals surface area (Å²) in [4.78, 5) is 25.5. The number of piperidine rings is 1. The van der Waals surface area contributed by atoms with Crippen LogP contribution in [0.2, 0.25) is 0 Å². The number of aliphatic carboxylic acids is 1. The minimum atomic E-state index is -4.26. The smallest absolute Gasteiger partial charge is 0.389 e. The standard InChI is InChI=1S/C18H20F3NO3/c19-18(20,21)6-5-12-3-1-2-4-13(12)15(23)22-9-7-17(8-10-22)11-14(17)16(24)25/h1-4,14H,5-11H2,(H,24,25). The number of alkyl halides is 3. The van der Waals surface area contributed by atoms with Crippen LogP contribution in [0.3, 0.4) is 0 Å². The first-order chi connectivity index (χ1) is 11.7. The molecule has 1 heterocycles. The fourth-order valence-electron chi connectivity index (χ4n) is 3.80. The van der Waals surface area contributed by atoms with E-state index in [1.807, 2.05) is 0 Å². The van der Waals surface area contributed by atoms with Crippen molar-refractivity contribution in [2.75, 3.05) is 13.1 Å². The lowest BCUT2D eigenvalue weighted by Crippen LogP contribution is -2.40. The quantitative estimate of drug-likeness (QED) is 0.899. The number of carbonyl (C=O) groups is 2. The van der Waals surface area contributed by atoms with Gasteiger partial charge in [-0.1, -0.05) is 18.2 Å². The molecule has 25 heavy (non-hydrogen) atoms. The average molecular weight is 355 g/mol. The Labute approximate surface area is 143 Å². The molecule has 0 aromatic heterocycles. The number of benzene rings is 1. The Bertz CT molecular complexity index is 678. The van der Waals surface area contributed by atoms with E-state index in [0.717, 1.165) is 0 Å². The minimum Gasteiger partial charge on any atom is -0.481 e. The van der Waals surface area contributed by atoms with Crippen molar-refractivity contribution in [3.8, 4) is 0 Å². The highest BCUT2D eigenvalue weighted by molar-refractivity contribution is 5.95. The van der Waals surface area contributed by atoms with Gasteiger partial charge in [0.05, 0.1) is 5.92 Å². The summed E-state index contributed by atoms with van der Waals surface area (Å²) in [5.41, 5.74) is 0.534. The average Bonchev–Trinajstić information content (AvgIpc) is 3.26. The molecule has 1 atom stereocenters. The van der Waals surface area contributed by atoms with Crippen LogP contribution in [0.1, 0.15) is 41.6 Å². The lowest BCUT2D eigenvalue weighted by Gasteiger charge is -2.33. The molecule has 7 heteroatoms. The zero-order valence-corrected chi connectivity index (χ0v) is 13.7. The molecule has 2 fully saturated rings. The highest BCUT2D eigenvalue weighted by atomic mass is 19.4. The molecule has 1 N–H and O–H groups in total. The Balaban J connectivity index is 1.65. The SMILES string of the molecule is O=C(O)C1CC12CCN(C(=O)c1ccccc1CCC(F)(F)F)CC2. The number of rotatable bonds is 4. The number of carbonyl (C=O) groups excluding carboxylic acids is 1. The number of aryl methyl sites for hydroxylation is 1. The summed E-state index contributed by atoms with van der Waals surface area (Å²) < 4.78 is 37.4. The van der Waals surface area contributed by atoms with E-state index in [2.05, 4.69) is 0 Å². The first-order valence-corrected chi connectivity index (χ1v) is 8.39. The monoisotopic (exact) mass is 355 g/mol. The summed E-state index contributed by atoms with van der Waals surface area (Å²) in [6.45, 7) is 0.909. The van der Waals surface area contributed by atoms with Gasteiger partial charge in [0.2, 0.25) is 0 Å². The summed E-state index contributed by atoms with van der Waals surface area (Å²) in [6.07, 6.45) is -3.50. The molecule has 1 aliphatic carbocycles. The fourth-order valence-corrected chi connectivity index (χ4v) is 3.80. The molecule has 1 aromatic carbocycles. The van der Waals surface area contributed by atoms with Crippen molar-refractivity contribution in [2.24, 2.45) is 11.3 Å². The Morgan fingerprint density at radius 1 is 1.20 bits per heavy atom. The summed E-state index contributed by atoms with van der Waals surface area (Å²) in [7, 11) is 0. The molecular formula is C18H20F3NO3. The molecule has 1 spiro atoms. The van der Waals surface area contributed by atoms with E-state index in [1.165, 1.54) is 0 Å². The third-order valence-corrected chi connectivity index (χ3v) is 5.46. The van der Waals surface area contributed by atoms with E-state index < -0.39 is 18.6 Å². The van der Waals surface area contributed by atoms with Crippen molar-refractivity contribution in [2.45, 2.75) is 38.3 Å². The molecule has 1 unspecified atom stereocenters. The van der Waals surface area contributed by atoms with Gasteiger partial charge < -0.3 is 10.0 Å². The normalized spacial score (nSPS) is 22.0. The van der Waals surface area contributed by atoms with Crippen molar-refractivity contribution < 1.29 is 27.9 Å².